The van der Waals surface area contributed by atoms with Crippen molar-refractivity contribution in [2.24, 2.45) is 0 Å². The minimum atomic E-state index is -0.313. The zero-order valence-electron chi connectivity index (χ0n) is 9.49. The molecule has 0 aliphatic rings. The van der Waals surface area contributed by atoms with E-state index in [1.807, 2.05) is 25.1 Å². The van der Waals surface area contributed by atoms with Crippen LogP contribution in [0.25, 0.3) is 0 Å². The van der Waals surface area contributed by atoms with E-state index in [2.05, 4.69) is 0 Å². The molecular weight excluding hydrogens is 192 g/mol. The molecule has 0 fully saturated rings. The summed E-state index contributed by atoms with van der Waals surface area (Å²) in [5.41, 5.74) is 1.01. The number of aliphatic hydroxyl groups excluding tert-OH is 1. The first-order chi connectivity index (χ1) is 7.21. The molecule has 1 aromatic carbocycles. The molecule has 1 atom stereocenters. The van der Waals surface area contributed by atoms with Gasteiger partial charge in [-0.05, 0) is 18.1 Å². The van der Waals surface area contributed by atoms with Crippen molar-refractivity contribution in [1.29, 1.82) is 0 Å². The average molecular weight is 210 g/mol. The van der Waals surface area contributed by atoms with Gasteiger partial charge in [0.1, 0.15) is 11.5 Å². The van der Waals surface area contributed by atoms with Gasteiger partial charge < -0.3 is 14.6 Å². The smallest absolute Gasteiger partial charge is 0.125 e. The predicted octanol–water partition coefficient (Wildman–Crippen LogP) is 2.02. The van der Waals surface area contributed by atoms with Crippen LogP contribution < -0.4 is 9.47 Å². The lowest BCUT2D eigenvalue weighted by Crippen LogP contribution is -2.09. The van der Waals surface area contributed by atoms with Crippen molar-refractivity contribution in [3.63, 3.8) is 0 Å². The van der Waals surface area contributed by atoms with E-state index >= 15 is 0 Å². The summed E-state index contributed by atoms with van der Waals surface area (Å²) < 4.78 is 10.3. The van der Waals surface area contributed by atoms with E-state index in [1.165, 1.54) is 0 Å². The normalized spacial score (nSPS) is 12.3. The van der Waals surface area contributed by atoms with Gasteiger partial charge in [0.2, 0.25) is 0 Å². The lowest BCUT2D eigenvalue weighted by Gasteiger charge is -2.12. The van der Waals surface area contributed by atoms with Crippen molar-refractivity contribution in [2.75, 3.05) is 14.2 Å². The molecule has 1 aromatic rings. The second-order valence-corrected chi connectivity index (χ2v) is 3.44. The first kappa shape index (κ1) is 11.9. The standard InChI is InChI=1S/C12H18O3/c1-4-10(13)7-9-5-6-11(14-2)8-12(9)15-3/h5-6,8,10,13H,4,7H2,1-3H3. The van der Waals surface area contributed by atoms with Crippen LogP contribution in [0.4, 0.5) is 0 Å². The highest BCUT2D eigenvalue weighted by molar-refractivity contribution is 5.41. The Kier molecular flexibility index (Phi) is 4.43. The molecule has 0 amide bonds. The van der Waals surface area contributed by atoms with Crippen molar-refractivity contribution in [2.45, 2.75) is 25.9 Å². The zero-order valence-corrected chi connectivity index (χ0v) is 9.49. The predicted molar refractivity (Wildman–Crippen MR) is 59.5 cm³/mol. The number of benzene rings is 1. The van der Waals surface area contributed by atoms with Gasteiger partial charge in [-0.15, -0.1) is 0 Å². The lowest BCUT2D eigenvalue weighted by atomic mass is 10.1. The van der Waals surface area contributed by atoms with Crippen molar-refractivity contribution in [3.05, 3.63) is 23.8 Å². The Morgan fingerprint density at radius 3 is 2.53 bits per heavy atom. The topological polar surface area (TPSA) is 38.7 Å². The van der Waals surface area contributed by atoms with E-state index in [-0.39, 0.29) is 6.10 Å². The quantitative estimate of drug-likeness (QED) is 0.808. The lowest BCUT2D eigenvalue weighted by molar-refractivity contribution is 0.169. The number of aliphatic hydroxyl groups is 1. The number of hydrogen-bond donors (Lipinski definition) is 1. The molecule has 0 aliphatic carbocycles. The second-order valence-electron chi connectivity index (χ2n) is 3.44. The van der Waals surface area contributed by atoms with Crippen molar-refractivity contribution >= 4 is 0 Å². The fourth-order valence-electron chi connectivity index (χ4n) is 1.42. The SMILES string of the molecule is CCC(O)Cc1ccc(OC)cc1OC. The van der Waals surface area contributed by atoms with Gasteiger partial charge in [-0.1, -0.05) is 13.0 Å². The molecule has 0 aliphatic heterocycles. The van der Waals surface area contributed by atoms with Crippen LogP contribution in [-0.2, 0) is 6.42 Å². The van der Waals surface area contributed by atoms with Crippen LogP contribution in [0, 0.1) is 0 Å². The molecule has 1 rings (SSSR count). The second kappa shape index (κ2) is 5.61. The monoisotopic (exact) mass is 210 g/mol. The van der Waals surface area contributed by atoms with Gasteiger partial charge in [0, 0.05) is 12.5 Å². The van der Waals surface area contributed by atoms with Gasteiger partial charge in [-0.2, -0.15) is 0 Å². The molecule has 3 heteroatoms. The zero-order chi connectivity index (χ0) is 11.3. The van der Waals surface area contributed by atoms with Gasteiger partial charge in [0.25, 0.3) is 0 Å². The fourth-order valence-corrected chi connectivity index (χ4v) is 1.42. The number of methoxy groups -OCH3 is 2. The highest BCUT2D eigenvalue weighted by Gasteiger charge is 2.09. The maximum atomic E-state index is 9.57. The maximum absolute atomic E-state index is 9.57. The number of rotatable bonds is 5. The summed E-state index contributed by atoms with van der Waals surface area (Å²) in [7, 11) is 3.24. The van der Waals surface area contributed by atoms with Gasteiger partial charge in [-0.3, -0.25) is 0 Å². The highest BCUT2D eigenvalue weighted by Crippen LogP contribution is 2.25. The number of hydrogen-bond acceptors (Lipinski definition) is 3. The van der Waals surface area contributed by atoms with E-state index < -0.39 is 0 Å². The van der Waals surface area contributed by atoms with E-state index in [0.29, 0.717) is 6.42 Å². The Hall–Kier alpha value is -1.22. The van der Waals surface area contributed by atoms with E-state index in [4.69, 9.17) is 9.47 Å². The highest BCUT2D eigenvalue weighted by atomic mass is 16.5. The van der Waals surface area contributed by atoms with Crippen molar-refractivity contribution < 1.29 is 14.6 Å². The summed E-state index contributed by atoms with van der Waals surface area (Å²) >= 11 is 0. The first-order valence-corrected chi connectivity index (χ1v) is 5.10. The third kappa shape index (κ3) is 3.13. The van der Waals surface area contributed by atoms with Gasteiger partial charge >= 0.3 is 0 Å². The Balaban J connectivity index is 2.87. The van der Waals surface area contributed by atoms with Crippen LogP contribution in [0.2, 0.25) is 0 Å². The molecule has 84 valence electrons. The van der Waals surface area contributed by atoms with Gasteiger partial charge in [0.15, 0.2) is 0 Å². The van der Waals surface area contributed by atoms with Crippen molar-refractivity contribution in [1.82, 2.24) is 0 Å². The Labute approximate surface area is 90.6 Å². The largest absolute Gasteiger partial charge is 0.497 e. The molecule has 0 heterocycles. The molecule has 1 unspecified atom stereocenters. The molecule has 0 aromatic heterocycles. The van der Waals surface area contributed by atoms with Gasteiger partial charge in [0.05, 0.1) is 20.3 Å². The first-order valence-electron chi connectivity index (χ1n) is 5.10. The van der Waals surface area contributed by atoms with E-state index in [1.54, 1.807) is 14.2 Å². The maximum Gasteiger partial charge on any atom is 0.125 e. The van der Waals surface area contributed by atoms with Crippen molar-refractivity contribution in [3.8, 4) is 11.5 Å². The third-order valence-electron chi connectivity index (χ3n) is 2.42. The summed E-state index contributed by atoms with van der Waals surface area (Å²) in [6.45, 7) is 1.96. The van der Waals surface area contributed by atoms with Crippen LogP contribution in [0.1, 0.15) is 18.9 Å². The summed E-state index contributed by atoms with van der Waals surface area (Å²) in [5, 5.41) is 9.57. The Bertz CT molecular complexity index is 310. The minimum absolute atomic E-state index is 0.313. The summed E-state index contributed by atoms with van der Waals surface area (Å²) in [6, 6.07) is 5.63. The molecular formula is C12H18O3. The van der Waals surface area contributed by atoms with Gasteiger partial charge in [-0.25, -0.2) is 0 Å². The summed E-state index contributed by atoms with van der Waals surface area (Å²) in [4.78, 5) is 0. The molecule has 0 radical (unpaired) electrons. The molecule has 15 heavy (non-hydrogen) atoms. The third-order valence-corrected chi connectivity index (χ3v) is 2.42. The minimum Gasteiger partial charge on any atom is -0.497 e. The van der Waals surface area contributed by atoms with E-state index in [9.17, 15) is 5.11 Å². The molecule has 1 N–H and O–H groups in total. The van der Waals surface area contributed by atoms with E-state index in [0.717, 1.165) is 23.5 Å². The molecule has 0 saturated heterocycles. The average Bonchev–Trinajstić information content (AvgIpc) is 2.29. The molecule has 0 spiro atoms. The van der Waals surface area contributed by atoms with Crippen LogP contribution >= 0.6 is 0 Å². The number of ether oxygens (including phenoxy) is 2. The fraction of sp³-hybridized carbons (Fsp3) is 0.500. The van der Waals surface area contributed by atoms with Crippen LogP contribution in [0.15, 0.2) is 18.2 Å². The Morgan fingerprint density at radius 1 is 1.27 bits per heavy atom. The molecule has 0 bridgehead atoms. The molecule has 3 nitrogen and oxygen atoms in total. The summed E-state index contributed by atoms with van der Waals surface area (Å²) in [5.74, 6) is 1.53. The van der Waals surface area contributed by atoms with Crippen LogP contribution in [0.3, 0.4) is 0 Å². The molecule has 0 saturated carbocycles. The van der Waals surface area contributed by atoms with Crippen LogP contribution in [0.5, 0.6) is 11.5 Å². The Morgan fingerprint density at radius 2 is 2.00 bits per heavy atom. The van der Waals surface area contributed by atoms with Crippen LogP contribution in [-0.4, -0.2) is 25.4 Å². The summed E-state index contributed by atoms with van der Waals surface area (Å²) in [6.07, 6.45) is 1.05.